The largest absolute Gasteiger partial charge is 0.465 e. The van der Waals surface area contributed by atoms with Gasteiger partial charge in [0.15, 0.2) is 5.78 Å². The Morgan fingerprint density at radius 2 is 2.04 bits per heavy atom. The van der Waals surface area contributed by atoms with Crippen molar-refractivity contribution in [2.24, 2.45) is 10.9 Å². The molecule has 5 heteroatoms. The van der Waals surface area contributed by atoms with E-state index in [0.29, 0.717) is 30.0 Å². The van der Waals surface area contributed by atoms with Crippen molar-refractivity contribution < 1.29 is 14.3 Å². The number of esters is 1. The standard InChI is InChI=1S/C20H22ClNO3/c1-3-14-19(20(24)25-4-2)17(12-8-5-6-9-13(12)21)18-15(22-14)10-7-11-16(18)23/h5-6,8-9,17,19H,3-4,7,10-11H2,1-2H3/t17-,19?/m1/s1. The van der Waals surface area contributed by atoms with Crippen LogP contribution in [0.1, 0.15) is 51.0 Å². The van der Waals surface area contributed by atoms with Crippen LogP contribution in [0.2, 0.25) is 5.02 Å². The highest BCUT2D eigenvalue weighted by molar-refractivity contribution is 6.31. The smallest absolute Gasteiger partial charge is 0.315 e. The molecule has 1 aromatic rings. The number of ether oxygens (including phenoxy) is 1. The second kappa shape index (κ2) is 7.52. The predicted octanol–water partition coefficient (Wildman–Crippen LogP) is 4.47. The predicted molar refractivity (Wildman–Crippen MR) is 97.9 cm³/mol. The topological polar surface area (TPSA) is 55.7 Å². The van der Waals surface area contributed by atoms with Gasteiger partial charge in [-0.3, -0.25) is 14.6 Å². The Labute approximate surface area is 152 Å². The van der Waals surface area contributed by atoms with Crippen LogP contribution in [-0.2, 0) is 14.3 Å². The van der Waals surface area contributed by atoms with E-state index in [2.05, 4.69) is 0 Å². The highest BCUT2D eigenvalue weighted by Gasteiger charge is 2.44. The van der Waals surface area contributed by atoms with Gasteiger partial charge in [-0.05, 0) is 37.8 Å². The molecule has 2 atom stereocenters. The lowest BCUT2D eigenvalue weighted by Gasteiger charge is -2.35. The molecule has 0 saturated carbocycles. The van der Waals surface area contributed by atoms with Crippen LogP contribution in [0.15, 0.2) is 40.5 Å². The zero-order chi connectivity index (χ0) is 18.0. The van der Waals surface area contributed by atoms with Crippen LogP contribution in [0, 0.1) is 5.92 Å². The van der Waals surface area contributed by atoms with Crippen molar-refractivity contribution in [2.75, 3.05) is 6.61 Å². The van der Waals surface area contributed by atoms with Crippen molar-refractivity contribution in [2.45, 2.75) is 45.4 Å². The average molecular weight is 360 g/mol. The van der Waals surface area contributed by atoms with E-state index < -0.39 is 11.8 Å². The maximum Gasteiger partial charge on any atom is 0.315 e. The summed E-state index contributed by atoms with van der Waals surface area (Å²) in [5.74, 6) is -1.27. The van der Waals surface area contributed by atoms with Crippen molar-refractivity contribution >= 4 is 29.1 Å². The van der Waals surface area contributed by atoms with Gasteiger partial charge < -0.3 is 4.74 Å². The summed E-state index contributed by atoms with van der Waals surface area (Å²) in [6.07, 6.45) is 2.69. The van der Waals surface area contributed by atoms with Gasteiger partial charge in [-0.15, -0.1) is 0 Å². The number of halogens is 1. The minimum atomic E-state index is -0.592. The molecule has 25 heavy (non-hydrogen) atoms. The Kier molecular flexibility index (Phi) is 5.38. The maximum atomic E-state index is 12.8. The van der Waals surface area contributed by atoms with Gasteiger partial charge in [0.1, 0.15) is 5.92 Å². The molecular formula is C20H22ClNO3. The molecule has 1 aromatic carbocycles. The highest BCUT2D eigenvalue weighted by Crippen LogP contribution is 2.45. The zero-order valence-corrected chi connectivity index (χ0v) is 15.3. The molecule has 1 aliphatic carbocycles. The van der Waals surface area contributed by atoms with Crippen LogP contribution >= 0.6 is 11.6 Å². The summed E-state index contributed by atoms with van der Waals surface area (Å²) < 4.78 is 5.32. The molecule has 2 aliphatic rings. The summed E-state index contributed by atoms with van der Waals surface area (Å²) in [6, 6.07) is 7.42. The van der Waals surface area contributed by atoms with Crippen LogP contribution in [0.25, 0.3) is 0 Å². The molecule has 0 N–H and O–H groups in total. The molecule has 1 unspecified atom stereocenters. The number of ketones is 1. The summed E-state index contributed by atoms with van der Waals surface area (Å²) in [6.45, 7) is 4.05. The Balaban J connectivity index is 2.20. The van der Waals surface area contributed by atoms with Crippen molar-refractivity contribution in [3.05, 3.63) is 46.1 Å². The fraction of sp³-hybridized carbons (Fsp3) is 0.450. The Morgan fingerprint density at radius 1 is 1.28 bits per heavy atom. The fourth-order valence-electron chi connectivity index (χ4n) is 3.78. The van der Waals surface area contributed by atoms with Gasteiger partial charge in [-0.1, -0.05) is 36.7 Å². The lowest BCUT2D eigenvalue weighted by Crippen LogP contribution is -2.38. The fourth-order valence-corrected chi connectivity index (χ4v) is 4.04. The maximum absolute atomic E-state index is 12.8. The SMILES string of the molecule is CCOC(=O)C1C(CC)=NC2=C(C(=O)CCC2)[C@H]1c1ccccc1Cl. The quantitative estimate of drug-likeness (QED) is 0.745. The summed E-state index contributed by atoms with van der Waals surface area (Å²) in [5, 5.41) is 0.560. The number of benzene rings is 1. The number of carbonyl (C=O) groups excluding carboxylic acids is 2. The minimum Gasteiger partial charge on any atom is -0.465 e. The van der Waals surface area contributed by atoms with Gasteiger partial charge in [0.25, 0.3) is 0 Å². The van der Waals surface area contributed by atoms with E-state index in [-0.39, 0.29) is 11.8 Å². The van der Waals surface area contributed by atoms with Crippen molar-refractivity contribution in [3.63, 3.8) is 0 Å². The van der Waals surface area contributed by atoms with E-state index in [1.165, 1.54) is 0 Å². The van der Waals surface area contributed by atoms with Crippen LogP contribution in [0.4, 0.5) is 0 Å². The Morgan fingerprint density at radius 3 is 2.72 bits per heavy atom. The molecule has 1 heterocycles. The zero-order valence-electron chi connectivity index (χ0n) is 14.5. The van der Waals surface area contributed by atoms with Crippen LogP contribution in [0.5, 0.6) is 0 Å². The van der Waals surface area contributed by atoms with E-state index >= 15 is 0 Å². The van der Waals surface area contributed by atoms with E-state index in [1.807, 2.05) is 25.1 Å². The summed E-state index contributed by atoms with van der Waals surface area (Å²) in [7, 11) is 0. The van der Waals surface area contributed by atoms with Gasteiger partial charge in [-0.25, -0.2) is 0 Å². The molecule has 0 spiro atoms. The van der Waals surface area contributed by atoms with E-state index in [4.69, 9.17) is 21.3 Å². The molecule has 0 saturated heterocycles. The summed E-state index contributed by atoms with van der Waals surface area (Å²) in [4.78, 5) is 30.2. The number of aliphatic imine (C=N–C) groups is 1. The molecule has 1 aliphatic heterocycles. The van der Waals surface area contributed by atoms with Gasteiger partial charge in [0.05, 0.1) is 6.61 Å². The molecule has 0 amide bonds. The van der Waals surface area contributed by atoms with Gasteiger partial charge in [-0.2, -0.15) is 0 Å². The molecule has 4 nitrogen and oxygen atoms in total. The number of carbonyl (C=O) groups is 2. The second-order valence-corrected chi connectivity index (χ2v) is 6.73. The van der Waals surface area contributed by atoms with E-state index in [9.17, 15) is 9.59 Å². The average Bonchev–Trinajstić information content (AvgIpc) is 2.61. The van der Waals surface area contributed by atoms with E-state index in [1.54, 1.807) is 13.0 Å². The molecule has 0 bridgehead atoms. The lowest BCUT2D eigenvalue weighted by molar-refractivity contribution is -0.146. The third kappa shape index (κ3) is 3.28. The molecule has 0 radical (unpaired) electrons. The number of hydrogen-bond acceptors (Lipinski definition) is 4. The first-order valence-electron chi connectivity index (χ1n) is 8.83. The van der Waals surface area contributed by atoms with E-state index in [0.717, 1.165) is 29.8 Å². The van der Waals surface area contributed by atoms with Crippen molar-refractivity contribution in [1.29, 1.82) is 0 Å². The summed E-state index contributed by atoms with van der Waals surface area (Å²) in [5.41, 5.74) is 3.04. The Hall–Kier alpha value is -1.94. The first-order valence-corrected chi connectivity index (χ1v) is 9.21. The first kappa shape index (κ1) is 17.9. The monoisotopic (exact) mass is 359 g/mol. The molecule has 0 aromatic heterocycles. The number of rotatable bonds is 4. The minimum absolute atomic E-state index is 0.0689. The summed E-state index contributed by atoms with van der Waals surface area (Å²) >= 11 is 6.45. The number of nitrogens with zero attached hydrogens (tertiary/aromatic N) is 1. The van der Waals surface area contributed by atoms with Crippen LogP contribution in [-0.4, -0.2) is 24.1 Å². The van der Waals surface area contributed by atoms with Gasteiger partial charge in [0.2, 0.25) is 0 Å². The lowest BCUT2D eigenvalue weighted by atomic mass is 9.71. The second-order valence-electron chi connectivity index (χ2n) is 6.32. The first-order chi connectivity index (χ1) is 12.1. The molecule has 0 fully saturated rings. The third-order valence-electron chi connectivity index (χ3n) is 4.85. The highest BCUT2D eigenvalue weighted by atomic mass is 35.5. The van der Waals surface area contributed by atoms with Gasteiger partial charge >= 0.3 is 5.97 Å². The number of allylic oxidation sites excluding steroid dienone is 2. The Bertz CT molecular complexity index is 766. The van der Waals surface area contributed by atoms with Gasteiger partial charge in [0, 0.05) is 34.3 Å². The molecular weight excluding hydrogens is 338 g/mol. The number of hydrogen-bond donors (Lipinski definition) is 0. The molecule has 3 rings (SSSR count). The van der Waals surface area contributed by atoms with Crippen LogP contribution in [0.3, 0.4) is 0 Å². The third-order valence-corrected chi connectivity index (χ3v) is 5.20. The van der Waals surface area contributed by atoms with Crippen molar-refractivity contribution in [1.82, 2.24) is 0 Å². The normalized spacial score (nSPS) is 23.2. The van der Waals surface area contributed by atoms with Crippen molar-refractivity contribution in [3.8, 4) is 0 Å². The number of Topliss-reactive ketones (excluding diaryl/α,β-unsaturated/α-hetero) is 1. The van der Waals surface area contributed by atoms with Crippen LogP contribution < -0.4 is 0 Å². The molecule has 132 valence electrons.